The monoisotopic (exact) mass is 384 g/mol. The number of carbonyl (C=O) groups excluding carboxylic acids is 2. The van der Waals surface area contributed by atoms with E-state index in [0.29, 0.717) is 32.5 Å². The Bertz CT molecular complexity index is 859. The Morgan fingerprint density at radius 3 is 2.46 bits per heavy atom. The van der Waals surface area contributed by atoms with Crippen molar-refractivity contribution in [2.45, 2.75) is 51.6 Å². The molecule has 150 valence electrons. The Labute approximate surface area is 165 Å². The van der Waals surface area contributed by atoms with Crippen LogP contribution >= 0.6 is 0 Å². The quantitative estimate of drug-likeness (QED) is 0.746. The van der Waals surface area contributed by atoms with Gasteiger partial charge in [0.25, 0.3) is 0 Å². The number of ether oxygens (including phenoxy) is 2. The predicted molar refractivity (Wildman–Crippen MR) is 107 cm³/mol. The number of pyridine rings is 1. The molecule has 1 aliphatic rings. The van der Waals surface area contributed by atoms with Gasteiger partial charge < -0.3 is 14.4 Å². The molecule has 0 N–H and O–H groups in total. The summed E-state index contributed by atoms with van der Waals surface area (Å²) in [7, 11) is 0. The topological polar surface area (TPSA) is 68.7 Å². The van der Waals surface area contributed by atoms with Crippen LogP contribution in [0.5, 0.6) is 0 Å². The van der Waals surface area contributed by atoms with Crippen molar-refractivity contribution in [3.05, 3.63) is 42.1 Å². The Hall–Kier alpha value is -2.63. The first kappa shape index (κ1) is 20.1. The summed E-state index contributed by atoms with van der Waals surface area (Å²) < 4.78 is 11.0. The summed E-state index contributed by atoms with van der Waals surface area (Å²) in [4.78, 5) is 31.6. The molecule has 0 spiro atoms. The molecule has 1 amide bonds. The fourth-order valence-electron chi connectivity index (χ4n) is 3.76. The van der Waals surface area contributed by atoms with Crippen molar-refractivity contribution in [3.8, 4) is 0 Å². The number of carbonyl (C=O) groups is 2. The molecule has 1 aliphatic heterocycles. The van der Waals surface area contributed by atoms with Crippen LogP contribution in [0.25, 0.3) is 10.9 Å². The van der Waals surface area contributed by atoms with Crippen molar-refractivity contribution < 1.29 is 19.1 Å². The minimum absolute atomic E-state index is 0.241. The highest BCUT2D eigenvalue weighted by Crippen LogP contribution is 2.40. The zero-order chi connectivity index (χ0) is 20.4. The normalized spacial score (nSPS) is 16.6. The molecule has 1 aromatic heterocycles. The van der Waals surface area contributed by atoms with E-state index >= 15 is 0 Å². The van der Waals surface area contributed by atoms with Crippen LogP contribution in [0.3, 0.4) is 0 Å². The molecular formula is C22H28N2O4. The average Bonchev–Trinajstić information content (AvgIpc) is 2.66. The number of aromatic nitrogens is 1. The van der Waals surface area contributed by atoms with E-state index in [1.165, 1.54) is 0 Å². The van der Waals surface area contributed by atoms with Crippen LogP contribution in [-0.4, -0.2) is 47.2 Å². The second-order valence-electron chi connectivity index (χ2n) is 8.15. The lowest BCUT2D eigenvalue weighted by molar-refractivity contribution is -0.152. The molecule has 3 rings (SSSR count). The standard InChI is InChI=1S/C22H28N2O4/c1-5-27-19(25)22(17-10-13-23-18-9-7-6-8-16(17)18)11-14-24(15-12-22)20(26)28-21(2,3)4/h6-10,13H,5,11-12,14-15H2,1-4H3. The minimum atomic E-state index is -0.795. The van der Waals surface area contributed by atoms with Crippen molar-refractivity contribution in [2.24, 2.45) is 0 Å². The van der Waals surface area contributed by atoms with Gasteiger partial charge in [0.15, 0.2) is 0 Å². The summed E-state index contributed by atoms with van der Waals surface area (Å²) in [5.41, 5.74) is 0.420. The van der Waals surface area contributed by atoms with Gasteiger partial charge in [0, 0.05) is 24.7 Å². The molecule has 0 unspecified atom stereocenters. The molecule has 1 fully saturated rings. The Balaban J connectivity index is 1.94. The maximum atomic E-state index is 13.1. The van der Waals surface area contributed by atoms with E-state index in [0.717, 1.165) is 16.5 Å². The van der Waals surface area contributed by atoms with Gasteiger partial charge >= 0.3 is 12.1 Å². The third kappa shape index (κ3) is 3.96. The number of benzene rings is 1. The maximum absolute atomic E-state index is 13.1. The van der Waals surface area contributed by atoms with Crippen LogP contribution < -0.4 is 0 Å². The first-order valence-electron chi connectivity index (χ1n) is 9.76. The number of esters is 1. The summed E-state index contributed by atoms with van der Waals surface area (Å²) in [5.74, 6) is -0.241. The van der Waals surface area contributed by atoms with Gasteiger partial charge in [0.2, 0.25) is 0 Å². The number of piperidine rings is 1. The number of hydrogen-bond donors (Lipinski definition) is 0. The molecule has 1 aromatic carbocycles. The minimum Gasteiger partial charge on any atom is -0.465 e. The highest BCUT2D eigenvalue weighted by atomic mass is 16.6. The van der Waals surface area contributed by atoms with E-state index in [9.17, 15) is 9.59 Å². The predicted octanol–water partition coefficient (Wildman–Crippen LogP) is 4.07. The van der Waals surface area contributed by atoms with Crippen molar-refractivity contribution >= 4 is 23.0 Å². The molecule has 28 heavy (non-hydrogen) atoms. The van der Waals surface area contributed by atoms with Gasteiger partial charge in [-0.25, -0.2) is 4.79 Å². The molecule has 2 heterocycles. The van der Waals surface area contributed by atoms with Gasteiger partial charge in [-0.05, 0) is 58.2 Å². The molecule has 6 heteroatoms. The van der Waals surface area contributed by atoms with Gasteiger partial charge in [-0.3, -0.25) is 9.78 Å². The van der Waals surface area contributed by atoms with Crippen LogP contribution in [0, 0.1) is 0 Å². The summed E-state index contributed by atoms with van der Waals surface area (Å²) >= 11 is 0. The summed E-state index contributed by atoms with van der Waals surface area (Å²) in [6.07, 6.45) is 2.36. The smallest absolute Gasteiger partial charge is 0.410 e. The molecular weight excluding hydrogens is 356 g/mol. The Kier molecular flexibility index (Phi) is 5.59. The first-order chi connectivity index (χ1) is 13.3. The maximum Gasteiger partial charge on any atom is 0.410 e. The van der Waals surface area contributed by atoms with Crippen LogP contribution in [0.15, 0.2) is 36.5 Å². The molecule has 0 atom stereocenters. The summed E-state index contributed by atoms with van der Waals surface area (Å²) in [6.45, 7) is 8.54. The third-order valence-electron chi connectivity index (χ3n) is 5.10. The van der Waals surface area contributed by atoms with E-state index in [2.05, 4.69) is 4.98 Å². The first-order valence-corrected chi connectivity index (χ1v) is 9.76. The van der Waals surface area contributed by atoms with Crippen LogP contribution in [-0.2, 0) is 19.7 Å². The number of hydrogen-bond acceptors (Lipinski definition) is 5. The van der Waals surface area contributed by atoms with Gasteiger partial charge in [0.1, 0.15) is 5.60 Å². The average molecular weight is 384 g/mol. The molecule has 0 saturated carbocycles. The molecule has 0 bridgehead atoms. The SMILES string of the molecule is CCOC(=O)C1(c2ccnc3ccccc23)CCN(C(=O)OC(C)(C)C)CC1. The molecule has 0 aliphatic carbocycles. The third-order valence-corrected chi connectivity index (χ3v) is 5.10. The lowest BCUT2D eigenvalue weighted by Gasteiger charge is -2.40. The number of fused-ring (bicyclic) bond motifs is 1. The van der Waals surface area contributed by atoms with E-state index < -0.39 is 11.0 Å². The van der Waals surface area contributed by atoms with E-state index in [1.54, 1.807) is 11.1 Å². The molecule has 2 aromatic rings. The van der Waals surface area contributed by atoms with Crippen LogP contribution in [0.2, 0.25) is 0 Å². The van der Waals surface area contributed by atoms with Gasteiger partial charge in [-0.1, -0.05) is 18.2 Å². The van der Waals surface area contributed by atoms with E-state index in [1.807, 2.05) is 58.0 Å². The lowest BCUT2D eigenvalue weighted by Crippen LogP contribution is -2.50. The van der Waals surface area contributed by atoms with Crippen LogP contribution in [0.1, 0.15) is 46.1 Å². The number of nitrogens with zero attached hydrogens (tertiary/aromatic N) is 2. The zero-order valence-corrected chi connectivity index (χ0v) is 17.0. The second kappa shape index (κ2) is 7.78. The van der Waals surface area contributed by atoms with Crippen molar-refractivity contribution in [2.75, 3.05) is 19.7 Å². The fraction of sp³-hybridized carbons (Fsp3) is 0.500. The number of likely N-dealkylation sites (tertiary alicyclic amines) is 1. The zero-order valence-electron chi connectivity index (χ0n) is 17.0. The molecule has 6 nitrogen and oxygen atoms in total. The second-order valence-corrected chi connectivity index (χ2v) is 8.15. The Morgan fingerprint density at radius 2 is 1.82 bits per heavy atom. The summed E-state index contributed by atoms with van der Waals surface area (Å²) in [6, 6.07) is 9.71. The highest BCUT2D eigenvalue weighted by Gasteiger charge is 2.46. The van der Waals surface area contributed by atoms with Gasteiger partial charge in [-0.2, -0.15) is 0 Å². The number of rotatable bonds is 3. The highest BCUT2D eigenvalue weighted by molar-refractivity contribution is 5.92. The largest absolute Gasteiger partial charge is 0.465 e. The van der Waals surface area contributed by atoms with Crippen molar-refractivity contribution in [1.82, 2.24) is 9.88 Å². The molecule has 0 radical (unpaired) electrons. The van der Waals surface area contributed by atoms with E-state index in [-0.39, 0.29) is 12.1 Å². The van der Waals surface area contributed by atoms with Crippen molar-refractivity contribution in [1.29, 1.82) is 0 Å². The van der Waals surface area contributed by atoms with E-state index in [4.69, 9.17) is 9.47 Å². The lowest BCUT2D eigenvalue weighted by atomic mass is 9.71. The van der Waals surface area contributed by atoms with Gasteiger partial charge in [-0.15, -0.1) is 0 Å². The number of para-hydroxylation sites is 1. The van der Waals surface area contributed by atoms with Gasteiger partial charge in [0.05, 0.1) is 17.5 Å². The number of amides is 1. The Morgan fingerprint density at radius 1 is 1.14 bits per heavy atom. The molecule has 1 saturated heterocycles. The van der Waals surface area contributed by atoms with Crippen molar-refractivity contribution in [3.63, 3.8) is 0 Å². The van der Waals surface area contributed by atoms with Crippen LogP contribution in [0.4, 0.5) is 4.79 Å². The fourth-order valence-corrected chi connectivity index (χ4v) is 3.76. The summed E-state index contributed by atoms with van der Waals surface area (Å²) in [5, 5.41) is 0.948.